The molecule has 1 unspecified atom stereocenters. The lowest BCUT2D eigenvalue weighted by atomic mass is 10.1. The minimum Gasteiger partial charge on any atom is -0.481 e. The molecule has 1 aliphatic heterocycles. The SMILES string of the molecule is Cl.Cl.O=C(O)C1CCN(C(=O)c2csc(-c3ccccn3)n2)C1. The fraction of sp³-hybridized carbons (Fsp3) is 0.286. The predicted molar refractivity (Wildman–Crippen MR) is 91.5 cm³/mol. The van der Waals surface area contributed by atoms with Gasteiger partial charge >= 0.3 is 5.97 Å². The molecule has 23 heavy (non-hydrogen) atoms. The van der Waals surface area contributed by atoms with E-state index in [1.54, 1.807) is 16.5 Å². The number of carbonyl (C=O) groups excluding carboxylic acids is 1. The molecule has 1 N–H and O–H groups in total. The summed E-state index contributed by atoms with van der Waals surface area (Å²) in [5.74, 6) is -1.53. The van der Waals surface area contributed by atoms with Crippen LogP contribution in [0.4, 0.5) is 0 Å². The number of hydrogen-bond donors (Lipinski definition) is 1. The maximum Gasteiger partial charge on any atom is 0.308 e. The average molecular weight is 376 g/mol. The summed E-state index contributed by atoms with van der Waals surface area (Å²) < 4.78 is 0. The number of nitrogens with zero attached hydrogens (tertiary/aromatic N) is 3. The molecule has 1 saturated heterocycles. The summed E-state index contributed by atoms with van der Waals surface area (Å²) in [5.41, 5.74) is 1.08. The monoisotopic (exact) mass is 375 g/mol. The van der Waals surface area contributed by atoms with Crippen LogP contribution in [0, 0.1) is 5.92 Å². The number of carboxylic acids is 1. The van der Waals surface area contributed by atoms with Crippen LogP contribution in [0.15, 0.2) is 29.8 Å². The van der Waals surface area contributed by atoms with Crippen molar-refractivity contribution < 1.29 is 14.7 Å². The third-order valence-electron chi connectivity index (χ3n) is 3.43. The van der Waals surface area contributed by atoms with E-state index in [2.05, 4.69) is 9.97 Å². The maximum atomic E-state index is 12.3. The van der Waals surface area contributed by atoms with Crippen LogP contribution in [0.5, 0.6) is 0 Å². The van der Waals surface area contributed by atoms with Crippen LogP contribution in [0.1, 0.15) is 16.9 Å². The van der Waals surface area contributed by atoms with Crippen molar-refractivity contribution in [3.63, 3.8) is 0 Å². The lowest BCUT2D eigenvalue weighted by Gasteiger charge is -2.13. The Labute approximate surface area is 149 Å². The van der Waals surface area contributed by atoms with E-state index in [-0.39, 0.29) is 37.3 Å². The molecule has 1 fully saturated rings. The lowest BCUT2D eigenvalue weighted by Crippen LogP contribution is -2.30. The zero-order chi connectivity index (χ0) is 14.8. The van der Waals surface area contributed by atoms with E-state index >= 15 is 0 Å². The van der Waals surface area contributed by atoms with Crippen molar-refractivity contribution >= 4 is 48.0 Å². The van der Waals surface area contributed by atoms with Gasteiger partial charge in [-0.25, -0.2) is 4.98 Å². The van der Waals surface area contributed by atoms with Gasteiger partial charge in [-0.15, -0.1) is 36.2 Å². The smallest absolute Gasteiger partial charge is 0.308 e. The zero-order valence-corrected chi connectivity index (χ0v) is 14.4. The van der Waals surface area contributed by atoms with E-state index in [1.807, 2.05) is 18.2 Å². The second-order valence-electron chi connectivity index (χ2n) is 4.83. The highest BCUT2D eigenvalue weighted by atomic mass is 35.5. The topological polar surface area (TPSA) is 83.4 Å². The Kier molecular flexibility index (Phi) is 6.93. The Bertz CT molecular complexity index is 681. The predicted octanol–water partition coefficient (Wildman–Crippen LogP) is 2.60. The van der Waals surface area contributed by atoms with Gasteiger partial charge in [0, 0.05) is 24.7 Å². The van der Waals surface area contributed by atoms with Crippen LogP contribution in [-0.2, 0) is 4.79 Å². The van der Waals surface area contributed by atoms with Crippen molar-refractivity contribution in [3.8, 4) is 10.7 Å². The third-order valence-corrected chi connectivity index (χ3v) is 4.30. The first-order chi connectivity index (χ1) is 10.1. The first kappa shape index (κ1) is 19.3. The normalized spacial score (nSPS) is 16.3. The van der Waals surface area contributed by atoms with Gasteiger partial charge in [0.15, 0.2) is 0 Å². The number of carbonyl (C=O) groups is 2. The fourth-order valence-corrected chi connectivity index (χ4v) is 3.06. The van der Waals surface area contributed by atoms with Gasteiger partial charge in [-0.1, -0.05) is 6.07 Å². The summed E-state index contributed by atoms with van der Waals surface area (Å²) in [6.07, 6.45) is 2.18. The standard InChI is InChI=1S/C14H13N3O3S.2ClH/c18-13(17-6-4-9(7-17)14(19)20)11-8-21-12(16-11)10-3-1-2-5-15-10;;/h1-3,5,8-9H,4,6-7H2,(H,19,20);2*1H. The summed E-state index contributed by atoms with van der Waals surface area (Å²) in [4.78, 5) is 33.3. The second-order valence-corrected chi connectivity index (χ2v) is 5.69. The Morgan fingerprint density at radius 2 is 2.09 bits per heavy atom. The summed E-state index contributed by atoms with van der Waals surface area (Å²) in [6.45, 7) is 0.719. The average Bonchev–Trinajstić information content (AvgIpc) is 3.17. The van der Waals surface area contributed by atoms with Crippen molar-refractivity contribution in [2.45, 2.75) is 6.42 Å². The van der Waals surface area contributed by atoms with Crippen molar-refractivity contribution in [2.75, 3.05) is 13.1 Å². The number of hydrogen-bond acceptors (Lipinski definition) is 5. The minimum absolute atomic E-state index is 0. The van der Waals surface area contributed by atoms with E-state index in [9.17, 15) is 9.59 Å². The fourth-order valence-electron chi connectivity index (χ4n) is 2.29. The molecule has 0 spiro atoms. The number of amides is 1. The Balaban J connectivity index is 0.00000132. The molecule has 0 aliphatic carbocycles. The Hall–Kier alpha value is -1.70. The van der Waals surface area contributed by atoms with E-state index in [0.717, 1.165) is 5.69 Å². The molecule has 2 aromatic rings. The molecule has 1 aliphatic rings. The van der Waals surface area contributed by atoms with Crippen molar-refractivity contribution in [2.24, 2.45) is 5.92 Å². The van der Waals surface area contributed by atoms with Gasteiger partial charge in [0.2, 0.25) is 0 Å². The number of thiazole rings is 1. The largest absolute Gasteiger partial charge is 0.481 e. The minimum atomic E-state index is -0.849. The Morgan fingerprint density at radius 1 is 1.30 bits per heavy atom. The van der Waals surface area contributed by atoms with Gasteiger partial charge in [0.05, 0.1) is 11.6 Å². The van der Waals surface area contributed by atoms with E-state index in [0.29, 0.717) is 23.7 Å². The summed E-state index contributed by atoms with van der Waals surface area (Å²) >= 11 is 1.36. The van der Waals surface area contributed by atoms with Crippen molar-refractivity contribution in [1.82, 2.24) is 14.9 Å². The van der Waals surface area contributed by atoms with Gasteiger partial charge in [-0.2, -0.15) is 0 Å². The summed E-state index contributed by atoms with van der Waals surface area (Å²) in [7, 11) is 0. The molecular weight excluding hydrogens is 361 g/mol. The molecular formula is C14H15Cl2N3O3S. The van der Waals surface area contributed by atoms with Crippen molar-refractivity contribution in [3.05, 3.63) is 35.5 Å². The molecule has 0 saturated carbocycles. The summed E-state index contributed by atoms with van der Waals surface area (Å²) in [5, 5.41) is 11.4. The number of halogens is 2. The highest BCUT2D eigenvalue weighted by Crippen LogP contribution is 2.24. The van der Waals surface area contributed by atoms with Crippen LogP contribution in [0.3, 0.4) is 0 Å². The molecule has 2 aromatic heterocycles. The molecule has 0 aromatic carbocycles. The van der Waals surface area contributed by atoms with Gasteiger partial charge in [0.1, 0.15) is 10.7 Å². The van der Waals surface area contributed by atoms with Gasteiger partial charge in [-0.05, 0) is 18.6 Å². The number of aromatic nitrogens is 2. The number of carboxylic acid groups (broad SMARTS) is 1. The van der Waals surface area contributed by atoms with Crippen molar-refractivity contribution in [1.29, 1.82) is 0 Å². The zero-order valence-electron chi connectivity index (χ0n) is 11.9. The number of likely N-dealkylation sites (tertiary alicyclic amines) is 1. The lowest BCUT2D eigenvalue weighted by molar-refractivity contribution is -0.141. The first-order valence-corrected chi connectivity index (χ1v) is 7.42. The second kappa shape index (κ2) is 8.24. The third kappa shape index (κ3) is 4.19. The van der Waals surface area contributed by atoms with Crippen LogP contribution in [0.25, 0.3) is 10.7 Å². The molecule has 3 rings (SSSR count). The number of pyridine rings is 1. The highest BCUT2D eigenvalue weighted by molar-refractivity contribution is 7.13. The molecule has 0 bridgehead atoms. The highest BCUT2D eigenvalue weighted by Gasteiger charge is 2.32. The quantitative estimate of drug-likeness (QED) is 0.890. The van der Waals surface area contributed by atoms with Crippen LogP contribution in [-0.4, -0.2) is 44.9 Å². The van der Waals surface area contributed by atoms with E-state index in [1.165, 1.54) is 11.3 Å². The van der Waals surface area contributed by atoms with E-state index < -0.39 is 11.9 Å². The molecule has 3 heterocycles. The van der Waals surface area contributed by atoms with E-state index in [4.69, 9.17) is 5.11 Å². The van der Waals surface area contributed by atoms with Gasteiger partial charge in [-0.3, -0.25) is 14.6 Å². The molecule has 124 valence electrons. The number of aliphatic carboxylic acids is 1. The number of rotatable bonds is 3. The maximum absolute atomic E-state index is 12.3. The van der Waals surface area contributed by atoms with Crippen LogP contribution >= 0.6 is 36.2 Å². The van der Waals surface area contributed by atoms with Gasteiger partial charge in [0.25, 0.3) is 5.91 Å². The molecule has 6 nitrogen and oxygen atoms in total. The first-order valence-electron chi connectivity index (χ1n) is 6.54. The van der Waals surface area contributed by atoms with Crippen LogP contribution < -0.4 is 0 Å². The summed E-state index contributed by atoms with van der Waals surface area (Å²) in [6, 6.07) is 5.52. The van der Waals surface area contributed by atoms with Crippen LogP contribution in [0.2, 0.25) is 0 Å². The Morgan fingerprint density at radius 3 is 2.70 bits per heavy atom. The molecule has 0 radical (unpaired) electrons. The molecule has 1 amide bonds. The molecule has 1 atom stereocenters. The van der Waals surface area contributed by atoms with Gasteiger partial charge < -0.3 is 10.0 Å². The molecule has 9 heteroatoms.